The Kier molecular flexibility index (Phi) is 1.68. The number of carbonyl (C=O) groups excluding carboxylic acids is 1. The fourth-order valence-corrected chi connectivity index (χ4v) is 0.598. The molecule has 0 aromatic heterocycles. The van der Waals surface area contributed by atoms with E-state index in [1.807, 2.05) is 20.8 Å². The average molecular weight is 143 g/mol. The summed E-state index contributed by atoms with van der Waals surface area (Å²) in [6.07, 6.45) is 0. The van der Waals surface area contributed by atoms with Gasteiger partial charge in [0.05, 0.1) is 0 Å². The van der Waals surface area contributed by atoms with Gasteiger partial charge in [0.1, 0.15) is 11.6 Å². The third-order valence-electron chi connectivity index (χ3n) is 1.10. The highest BCUT2D eigenvalue weighted by Gasteiger charge is 2.32. The molecule has 1 saturated heterocycles. The Morgan fingerprint density at radius 3 is 2.40 bits per heavy atom. The molecule has 1 unspecified atom stereocenters. The van der Waals surface area contributed by atoms with Crippen LogP contribution in [0.15, 0.2) is 0 Å². The Balaban J connectivity index is 2.30. The van der Waals surface area contributed by atoms with Crippen molar-refractivity contribution >= 4 is 5.97 Å². The summed E-state index contributed by atoms with van der Waals surface area (Å²) in [6, 6.07) is -0.0285. The minimum absolute atomic E-state index is 0.0285. The molecule has 3 heteroatoms. The first-order valence-corrected chi connectivity index (χ1v) is 3.45. The highest BCUT2D eigenvalue weighted by Crippen LogP contribution is 2.10. The van der Waals surface area contributed by atoms with E-state index in [0.717, 1.165) is 6.54 Å². The van der Waals surface area contributed by atoms with Gasteiger partial charge in [-0.15, -0.1) is 0 Å². The van der Waals surface area contributed by atoms with Gasteiger partial charge >= 0.3 is 5.97 Å². The summed E-state index contributed by atoms with van der Waals surface area (Å²) in [5.41, 5.74) is -0.346. The van der Waals surface area contributed by atoms with E-state index < -0.39 is 0 Å². The fraction of sp³-hybridized carbons (Fsp3) is 0.857. The average Bonchev–Trinajstić information content (AvgIpc) is 2.35. The van der Waals surface area contributed by atoms with Crippen molar-refractivity contribution in [2.24, 2.45) is 0 Å². The van der Waals surface area contributed by atoms with Crippen LogP contribution in [0.3, 0.4) is 0 Å². The summed E-state index contributed by atoms with van der Waals surface area (Å²) in [7, 11) is 0. The largest absolute Gasteiger partial charge is 0.459 e. The summed E-state index contributed by atoms with van der Waals surface area (Å²) >= 11 is 0. The Labute approximate surface area is 60.7 Å². The van der Waals surface area contributed by atoms with Crippen LogP contribution in [0, 0.1) is 0 Å². The quantitative estimate of drug-likeness (QED) is 0.424. The van der Waals surface area contributed by atoms with Crippen LogP contribution in [0.5, 0.6) is 0 Å². The molecule has 1 aliphatic heterocycles. The van der Waals surface area contributed by atoms with Crippen molar-refractivity contribution in [1.29, 1.82) is 0 Å². The van der Waals surface area contributed by atoms with Crippen molar-refractivity contribution in [2.45, 2.75) is 32.4 Å². The van der Waals surface area contributed by atoms with Crippen molar-refractivity contribution in [1.82, 2.24) is 5.32 Å². The van der Waals surface area contributed by atoms with Gasteiger partial charge in [0.2, 0.25) is 0 Å². The Morgan fingerprint density at radius 2 is 2.10 bits per heavy atom. The van der Waals surface area contributed by atoms with Crippen LogP contribution in [-0.2, 0) is 9.53 Å². The van der Waals surface area contributed by atoms with Gasteiger partial charge < -0.3 is 10.1 Å². The third-order valence-corrected chi connectivity index (χ3v) is 1.10. The highest BCUT2D eigenvalue weighted by atomic mass is 16.6. The molecule has 0 spiro atoms. The lowest BCUT2D eigenvalue weighted by Crippen LogP contribution is -2.27. The Bertz CT molecular complexity index is 144. The number of carbonyl (C=O) groups is 1. The number of nitrogens with one attached hydrogen (secondary N) is 1. The lowest BCUT2D eigenvalue weighted by atomic mass is 10.2. The number of esters is 1. The van der Waals surface area contributed by atoms with E-state index in [1.165, 1.54) is 0 Å². The second-order valence-electron chi connectivity index (χ2n) is 3.49. The van der Waals surface area contributed by atoms with E-state index in [2.05, 4.69) is 5.32 Å². The topological polar surface area (TPSA) is 48.2 Å². The zero-order valence-electron chi connectivity index (χ0n) is 6.60. The SMILES string of the molecule is CC(C)(C)OC(=O)C1CN1. The van der Waals surface area contributed by atoms with Crippen LogP contribution in [0.25, 0.3) is 0 Å². The smallest absolute Gasteiger partial charge is 0.324 e. The summed E-state index contributed by atoms with van der Waals surface area (Å²) < 4.78 is 5.06. The van der Waals surface area contributed by atoms with E-state index >= 15 is 0 Å². The minimum Gasteiger partial charge on any atom is -0.459 e. The van der Waals surface area contributed by atoms with Gasteiger partial charge in [-0.25, -0.2) is 0 Å². The summed E-state index contributed by atoms with van der Waals surface area (Å²) in [5, 5.41) is 2.88. The number of hydrogen-bond acceptors (Lipinski definition) is 3. The highest BCUT2D eigenvalue weighted by molar-refractivity contribution is 5.79. The number of hydrogen-bond donors (Lipinski definition) is 1. The maximum atomic E-state index is 10.9. The summed E-state index contributed by atoms with van der Waals surface area (Å²) in [4.78, 5) is 10.9. The second-order valence-corrected chi connectivity index (χ2v) is 3.49. The van der Waals surface area contributed by atoms with Gasteiger partial charge in [-0.05, 0) is 20.8 Å². The lowest BCUT2D eigenvalue weighted by molar-refractivity contribution is -0.154. The van der Waals surface area contributed by atoms with Crippen LogP contribution >= 0.6 is 0 Å². The van der Waals surface area contributed by atoms with Crippen molar-refractivity contribution in [2.75, 3.05) is 6.54 Å². The normalized spacial score (nSPS) is 24.1. The van der Waals surface area contributed by atoms with Crippen LogP contribution in [0.1, 0.15) is 20.8 Å². The molecule has 0 aromatic rings. The van der Waals surface area contributed by atoms with E-state index in [4.69, 9.17) is 4.74 Å². The molecule has 1 atom stereocenters. The van der Waals surface area contributed by atoms with Gasteiger partial charge in [-0.1, -0.05) is 0 Å². The zero-order valence-corrected chi connectivity index (χ0v) is 6.60. The van der Waals surface area contributed by atoms with Gasteiger partial charge in [0.15, 0.2) is 0 Å². The molecule has 0 aromatic carbocycles. The monoisotopic (exact) mass is 143 g/mol. The maximum absolute atomic E-state index is 10.9. The Morgan fingerprint density at radius 1 is 1.60 bits per heavy atom. The molecule has 1 heterocycles. The molecular formula is C7H13NO2. The zero-order chi connectivity index (χ0) is 7.78. The van der Waals surface area contributed by atoms with Gasteiger partial charge in [-0.3, -0.25) is 4.79 Å². The first-order valence-electron chi connectivity index (χ1n) is 3.45. The van der Waals surface area contributed by atoms with Crippen LogP contribution in [0.4, 0.5) is 0 Å². The molecule has 10 heavy (non-hydrogen) atoms. The fourth-order valence-electron chi connectivity index (χ4n) is 0.598. The molecule has 0 radical (unpaired) electrons. The summed E-state index contributed by atoms with van der Waals surface area (Å²) in [5.74, 6) is -0.132. The number of ether oxygens (including phenoxy) is 1. The number of rotatable bonds is 1. The van der Waals surface area contributed by atoms with Crippen molar-refractivity contribution in [3.8, 4) is 0 Å². The molecule has 1 rings (SSSR count). The van der Waals surface area contributed by atoms with Gasteiger partial charge in [-0.2, -0.15) is 0 Å². The van der Waals surface area contributed by atoms with Crippen LogP contribution in [-0.4, -0.2) is 24.2 Å². The molecule has 0 saturated carbocycles. The molecular weight excluding hydrogens is 130 g/mol. The maximum Gasteiger partial charge on any atom is 0.324 e. The molecule has 1 N–H and O–H groups in total. The first-order chi connectivity index (χ1) is 4.49. The lowest BCUT2D eigenvalue weighted by Gasteiger charge is -2.18. The van der Waals surface area contributed by atoms with Gasteiger partial charge in [0.25, 0.3) is 0 Å². The second kappa shape index (κ2) is 2.23. The van der Waals surface area contributed by atoms with E-state index in [-0.39, 0.29) is 17.6 Å². The molecule has 3 nitrogen and oxygen atoms in total. The first kappa shape index (κ1) is 7.54. The third kappa shape index (κ3) is 2.35. The van der Waals surface area contributed by atoms with Crippen molar-refractivity contribution in [3.05, 3.63) is 0 Å². The molecule has 0 amide bonds. The summed E-state index contributed by atoms with van der Waals surface area (Å²) in [6.45, 7) is 6.38. The van der Waals surface area contributed by atoms with E-state index in [0.29, 0.717) is 0 Å². The van der Waals surface area contributed by atoms with Crippen molar-refractivity contribution in [3.63, 3.8) is 0 Å². The van der Waals surface area contributed by atoms with Crippen molar-refractivity contribution < 1.29 is 9.53 Å². The standard InChI is InChI=1S/C7H13NO2/c1-7(2,3)10-6(9)5-4-8-5/h5,8H,4H2,1-3H3. The molecule has 0 bridgehead atoms. The van der Waals surface area contributed by atoms with E-state index in [1.54, 1.807) is 0 Å². The van der Waals surface area contributed by atoms with Crippen LogP contribution < -0.4 is 5.32 Å². The molecule has 58 valence electrons. The van der Waals surface area contributed by atoms with E-state index in [9.17, 15) is 4.79 Å². The predicted octanol–water partition coefficient (Wildman–Crippen LogP) is 0.300. The predicted molar refractivity (Wildman–Crippen MR) is 37.6 cm³/mol. The molecule has 1 aliphatic rings. The Hall–Kier alpha value is -0.570. The van der Waals surface area contributed by atoms with Crippen LogP contribution in [0.2, 0.25) is 0 Å². The molecule has 0 aliphatic carbocycles. The van der Waals surface area contributed by atoms with Gasteiger partial charge in [0, 0.05) is 6.54 Å². The minimum atomic E-state index is -0.346. The molecule has 1 fully saturated rings.